The summed E-state index contributed by atoms with van der Waals surface area (Å²) >= 11 is 0. The van der Waals surface area contributed by atoms with E-state index in [9.17, 15) is 14.0 Å². The molecule has 0 spiro atoms. The van der Waals surface area contributed by atoms with Gasteiger partial charge in [0.15, 0.2) is 5.82 Å². The lowest BCUT2D eigenvalue weighted by atomic mass is 9.98. The number of anilines is 1. The molecule has 1 fully saturated rings. The zero-order valence-corrected chi connectivity index (χ0v) is 19.3. The predicted octanol–water partition coefficient (Wildman–Crippen LogP) is 4.03. The number of nitrogen functional groups attached to an aromatic ring is 1. The fourth-order valence-electron chi connectivity index (χ4n) is 4.89. The number of halogens is 1. The van der Waals surface area contributed by atoms with Gasteiger partial charge in [0.25, 0.3) is 11.5 Å². The summed E-state index contributed by atoms with van der Waals surface area (Å²) in [7, 11) is 1.43. The standard InChI is InChI=1S/C26H26FN5O3/c1-35-21-11-8-17(27)12-19(21)25(33)29-13-15-6-9-18(10-7-15)32-14-20(16-4-2-3-5-16)22-23(32)24(28)30-31-26(22)34/h6-12,14,16H,2-5,13H2,1H3,(H2,28,30)(H,29,33)(H,31,34). The van der Waals surface area contributed by atoms with E-state index in [4.69, 9.17) is 10.5 Å². The van der Waals surface area contributed by atoms with E-state index in [1.54, 1.807) is 0 Å². The number of methoxy groups -OCH3 is 1. The van der Waals surface area contributed by atoms with Gasteiger partial charge in [-0.3, -0.25) is 9.59 Å². The molecule has 0 saturated heterocycles. The van der Waals surface area contributed by atoms with Crippen molar-refractivity contribution in [1.29, 1.82) is 0 Å². The van der Waals surface area contributed by atoms with E-state index in [1.807, 2.05) is 35.0 Å². The number of benzene rings is 2. The number of aromatic amines is 1. The van der Waals surface area contributed by atoms with Crippen molar-refractivity contribution in [1.82, 2.24) is 20.1 Å². The molecule has 180 valence electrons. The van der Waals surface area contributed by atoms with Crippen LogP contribution in [0, 0.1) is 5.82 Å². The molecule has 2 heterocycles. The first-order valence-corrected chi connectivity index (χ1v) is 11.6. The zero-order valence-electron chi connectivity index (χ0n) is 19.3. The van der Waals surface area contributed by atoms with Gasteiger partial charge in [-0.15, -0.1) is 0 Å². The fourth-order valence-corrected chi connectivity index (χ4v) is 4.89. The first kappa shape index (κ1) is 22.6. The molecule has 4 N–H and O–H groups in total. The summed E-state index contributed by atoms with van der Waals surface area (Å²) in [5, 5.41) is 9.90. The first-order chi connectivity index (χ1) is 17.0. The number of H-pyrrole nitrogens is 1. The maximum atomic E-state index is 13.6. The summed E-state index contributed by atoms with van der Waals surface area (Å²) in [6.45, 7) is 0.252. The molecule has 4 aromatic rings. The van der Waals surface area contributed by atoms with E-state index in [0.29, 0.717) is 22.6 Å². The molecule has 1 aliphatic carbocycles. The second-order valence-corrected chi connectivity index (χ2v) is 8.79. The number of nitrogens with one attached hydrogen (secondary N) is 2. The van der Waals surface area contributed by atoms with E-state index >= 15 is 0 Å². The van der Waals surface area contributed by atoms with E-state index in [-0.39, 0.29) is 23.5 Å². The minimum absolute atomic E-state index is 0.135. The monoisotopic (exact) mass is 475 g/mol. The molecule has 2 aromatic heterocycles. The van der Waals surface area contributed by atoms with Crippen molar-refractivity contribution >= 4 is 22.6 Å². The summed E-state index contributed by atoms with van der Waals surface area (Å²) in [5.41, 5.74) is 9.39. The van der Waals surface area contributed by atoms with Crippen LogP contribution in [0.4, 0.5) is 10.2 Å². The number of hydrogen-bond acceptors (Lipinski definition) is 5. The fraction of sp³-hybridized carbons (Fsp3) is 0.269. The third kappa shape index (κ3) is 4.25. The summed E-state index contributed by atoms with van der Waals surface area (Å²) < 4.78 is 20.7. The van der Waals surface area contributed by atoms with Crippen LogP contribution >= 0.6 is 0 Å². The molecular formula is C26H26FN5O3. The SMILES string of the molecule is COc1ccc(F)cc1C(=O)NCc1ccc(-n2cc(C3CCCC3)c3c(=O)[nH]nc(N)c32)cc1. The minimum atomic E-state index is -0.510. The Morgan fingerprint density at radius 1 is 1.23 bits per heavy atom. The topological polar surface area (TPSA) is 115 Å². The highest BCUT2D eigenvalue weighted by atomic mass is 19.1. The van der Waals surface area contributed by atoms with Crippen LogP contribution in [0.3, 0.4) is 0 Å². The number of nitrogens with two attached hydrogens (primary N) is 1. The molecule has 35 heavy (non-hydrogen) atoms. The van der Waals surface area contributed by atoms with Crippen LogP contribution in [0.1, 0.15) is 53.1 Å². The Balaban J connectivity index is 1.41. The molecule has 0 bridgehead atoms. The van der Waals surface area contributed by atoms with Crippen LogP contribution in [0.5, 0.6) is 5.75 Å². The van der Waals surface area contributed by atoms with Crippen molar-refractivity contribution in [3.8, 4) is 11.4 Å². The number of aromatic nitrogens is 3. The molecular weight excluding hydrogens is 449 g/mol. The molecule has 5 rings (SSSR count). The maximum Gasteiger partial charge on any atom is 0.274 e. The van der Waals surface area contributed by atoms with Crippen molar-refractivity contribution in [2.45, 2.75) is 38.1 Å². The average Bonchev–Trinajstić information content (AvgIpc) is 3.54. The lowest BCUT2D eigenvalue weighted by Gasteiger charge is -2.11. The highest BCUT2D eigenvalue weighted by Crippen LogP contribution is 2.39. The summed E-state index contributed by atoms with van der Waals surface area (Å²) in [5.74, 6) is -0.0388. The molecule has 1 saturated carbocycles. The lowest BCUT2D eigenvalue weighted by molar-refractivity contribution is 0.0947. The second kappa shape index (κ2) is 9.25. The average molecular weight is 476 g/mol. The highest BCUT2D eigenvalue weighted by molar-refractivity contribution is 5.97. The van der Waals surface area contributed by atoms with Gasteiger partial charge < -0.3 is 20.4 Å². The van der Waals surface area contributed by atoms with E-state index < -0.39 is 11.7 Å². The molecule has 8 nitrogen and oxygen atoms in total. The quantitative estimate of drug-likeness (QED) is 0.389. The van der Waals surface area contributed by atoms with Gasteiger partial charge in [-0.25, -0.2) is 9.49 Å². The molecule has 1 amide bonds. The first-order valence-electron chi connectivity index (χ1n) is 11.6. The third-order valence-corrected chi connectivity index (χ3v) is 6.65. The Hall–Kier alpha value is -4.14. The smallest absolute Gasteiger partial charge is 0.274 e. The predicted molar refractivity (Wildman–Crippen MR) is 131 cm³/mol. The van der Waals surface area contributed by atoms with Gasteiger partial charge >= 0.3 is 0 Å². The van der Waals surface area contributed by atoms with Crippen LogP contribution in [-0.2, 0) is 6.54 Å². The second-order valence-electron chi connectivity index (χ2n) is 8.79. The van der Waals surface area contributed by atoms with Gasteiger partial charge in [0.1, 0.15) is 17.1 Å². The van der Waals surface area contributed by atoms with Crippen molar-refractivity contribution in [2.24, 2.45) is 0 Å². The Labute approximate surface area is 200 Å². The number of carbonyl (C=O) groups is 1. The van der Waals surface area contributed by atoms with Gasteiger partial charge in [-0.05, 0) is 60.2 Å². The Kier molecular flexibility index (Phi) is 5.98. The van der Waals surface area contributed by atoms with Crippen LogP contribution in [0.15, 0.2) is 53.5 Å². The number of amides is 1. The van der Waals surface area contributed by atoms with Gasteiger partial charge in [0, 0.05) is 18.4 Å². The van der Waals surface area contributed by atoms with Gasteiger partial charge in [-0.1, -0.05) is 25.0 Å². The van der Waals surface area contributed by atoms with Crippen LogP contribution in [0.25, 0.3) is 16.6 Å². The highest BCUT2D eigenvalue weighted by Gasteiger charge is 2.25. The Morgan fingerprint density at radius 3 is 2.69 bits per heavy atom. The van der Waals surface area contributed by atoms with Crippen LogP contribution in [-0.4, -0.2) is 27.8 Å². The summed E-state index contributed by atoms with van der Waals surface area (Å²) in [6.07, 6.45) is 6.40. The van der Waals surface area contributed by atoms with Crippen LogP contribution in [0.2, 0.25) is 0 Å². The normalized spacial score (nSPS) is 13.9. The molecule has 9 heteroatoms. The zero-order chi connectivity index (χ0) is 24.5. The number of fused-ring (bicyclic) bond motifs is 1. The molecule has 0 unspecified atom stereocenters. The number of nitrogens with zero attached hydrogens (tertiary/aromatic N) is 2. The molecule has 2 aromatic carbocycles. The molecule has 0 atom stereocenters. The number of carbonyl (C=O) groups excluding carboxylic acids is 1. The summed E-state index contributed by atoms with van der Waals surface area (Å²) in [6, 6.07) is 11.4. The van der Waals surface area contributed by atoms with E-state index in [1.165, 1.54) is 19.2 Å². The minimum Gasteiger partial charge on any atom is -0.496 e. The summed E-state index contributed by atoms with van der Waals surface area (Å²) in [4.78, 5) is 25.2. The Bertz CT molecular complexity index is 1450. The maximum absolute atomic E-state index is 13.6. The van der Waals surface area contributed by atoms with Crippen molar-refractivity contribution < 1.29 is 13.9 Å². The number of rotatable bonds is 6. The van der Waals surface area contributed by atoms with Crippen molar-refractivity contribution in [3.63, 3.8) is 0 Å². The number of hydrogen-bond donors (Lipinski definition) is 3. The van der Waals surface area contributed by atoms with Crippen molar-refractivity contribution in [3.05, 3.63) is 81.5 Å². The van der Waals surface area contributed by atoms with Crippen LogP contribution < -0.4 is 21.3 Å². The van der Waals surface area contributed by atoms with Gasteiger partial charge in [0.05, 0.1) is 18.1 Å². The largest absolute Gasteiger partial charge is 0.496 e. The van der Waals surface area contributed by atoms with E-state index in [0.717, 1.165) is 48.6 Å². The van der Waals surface area contributed by atoms with Gasteiger partial charge in [-0.2, -0.15) is 5.10 Å². The van der Waals surface area contributed by atoms with Gasteiger partial charge in [0.2, 0.25) is 0 Å². The number of ether oxygens (including phenoxy) is 1. The van der Waals surface area contributed by atoms with Crippen molar-refractivity contribution in [2.75, 3.05) is 12.8 Å². The lowest BCUT2D eigenvalue weighted by Crippen LogP contribution is -2.23. The third-order valence-electron chi connectivity index (χ3n) is 6.65. The van der Waals surface area contributed by atoms with E-state index in [2.05, 4.69) is 15.5 Å². The Morgan fingerprint density at radius 2 is 1.97 bits per heavy atom. The molecule has 0 radical (unpaired) electrons. The molecule has 1 aliphatic rings. The molecule has 0 aliphatic heterocycles.